The highest BCUT2D eigenvalue weighted by molar-refractivity contribution is 5.94. The van der Waals surface area contributed by atoms with Crippen LogP contribution in [0.3, 0.4) is 0 Å². The molecule has 0 unspecified atom stereocenters. The Bertz CT molecular complexity index is 1560. The minimum absolute atomic E-state index is 0.0161. The number of ether oxygens (including phenoxy) is 2. The minimum atomic E-state index is -4.85. The van der Waals surface area contributed by atoms with Crippen LogP contribution in [0.15, 0.2) is 60.7 Å². The summed E-state index contributed by atoms with van der Waals surface area (Å²) in [5, 5.41) is 11.5. The number of rotatable bonds is 5. The van der Waals surface area contributed by atoms with Crippen molar-refractivity contribution in [3.8, 4) is 17.6 Å². The van der Waals surface area contributed by atoms with Crippen LogP contribution in [0.5, 0.6) is 11.5 Å². The number of hydrogen-bond acceptors (Lipinski definition) is 5. The number of anilines is 1. The molecule has 0 spiro atoms. The van der Waals surface area contributed by atoms with Gasteiger partial charge in [0.15, 0.2) is 11.5 Å². The summed E-state index contributed by atoms with van der Waals surface area (Å²) in [4.78, 5) is 16.1. The molecule has 0 fully saturated rings. The third-order valence-corrected chi connectivity index (χ3v) is 5.57. The van der Waals surface area contributed by atoms with Crippen LogP contribution < -0.4 is 14.8 Å². The fraction of sp³-hybridized carbons (Fsp3) is 0.160. The van der Waals surface area contributed by atoms with Gasteiger partial charge in [-0.15, -0.1) is 8.78 Å². The normalized spacial score (nSPS) is 13.9. The monoisotopic (exact) mass is 514 g/mol. The van der Waals surface area contributed by atoms with Gasteiger partial charge in [0.25, 0.3) is 0 Å². The Balaban J connectivity index is 1.43. The first-order valence-electron chi connectivity index (χ1n) is 10.8. The maximum atomic E-state index is 13.8. The van der Waals surface area contributed by atoms with E-state index in [0.717, 1.165) is 4.57 Å². The number of alkyl halides is 5. The fourth-order valence-corrected chi connectivity index (χ4v) is 3.99. The lowest BCUT2D eigenvalue weighted by atomic mass is 10.1. The summed E-state index contributed by atoms with van der Waals surface area (Å²) < 4.78 is 78.4. The highest BCUT2D eigenvalue weighted by Crippen LogP contribution is 2.44. The zero-order chi connectivity index (χ0) is 26.4. The molecule has 188 valence electrons. The molecule has 5 rings (SSSR count). The van der Waals surface area contributed by atoms with Gasteiger partial charge in [0.2, 0.25) is 11.7 Å². The van der Waals surface area contributed by atoms with Gasteiger partial charge in [0.05, 0.1) is 35.6 Å². The lowest BCUT2D eigenvalue weighted by molar-refractivity contribution is -0.287. The van der Waals surface area contributed by atoms with E-state index < -0.39 is 30.7 Å². The van der Waals surface area contributed by atoms with Crippen molar-refractivity contribution < 1.29 is 36.2 Å². The molecule has 1 aromatic heterocycles. The number of carbonyl (C=O) groups is 1. The molecule has 1 amide bonds. The number of nitrogens with one attached hydrogen (secondary N) is 1. The molecule has 0 aliphatic carbocycles. The fourth-order valence-electron chi connectivity index (χ4n) is 3.99. The largest absolute Gasteiger partial charge is 0.586 e. The van der Waals surface area contributed by atoms with E-state index in [1.807, 2.05) is 6.07 Å². The predicted molar refractivity (Wildman–Crippen MR) is 120 cm³/mol. The number of fused-ring (bicyclic) bond motifs is 2. The van der Waals surface area contributed by atoms with E-state index >= 15 is 0 Å². The number of hydrogen-bond donors (Lipinski definition) is 1. The third kappa shape index (κ3) is 4.88. The second-order valence-electron chi connectivity index (χ2n) is 8.17. The highest BCUT2D eigenvalue weighted by Gasteiger charge is 2.45. The van der Waals surface area contributed by atoms with Crippen LogP contribution in [0.4, 0.5) is 27.6 Å². The summed E-state index contributed by atoms with van der Waals surface area (Å²) in [6.45, 7) is -0.474. The maximum absolute atomic E-state index is 13.8. The van der Waals surface area contributed by atoms with Crippen molar-refractivity contribution in [2.75, 3.05) is 5.32 Å². The third-order valence-electron chi connectivity index (χ3n) is 5.57. The first-order valence-corrected chi connectivity index (χ1v) is 10.8. The van der Waals surface area contributed by atoms with Crippen molar-refractivity contribution in [3.63, 3.8) is 0 Å². The first kappa shape index (κ1) is 24.1. The molecule has 1 N–H and O–H groups in total. The average Bonchev–Trinajstić information content (AvgIpc) is 3.35. The van der Waals surface area contributed by atoms with E-state index in [9.17, 15) is 26.7 Å². The van der Waals surface area contributed by atoms with Crippen LogP contribution in [0, 0.1) is 11.3 Å². The van der Waals surface area contributed by atoms with Gasteiger partial charge >= 0.3 is 12.5 Å². The summed E-state index contributed by atoms with van der Waals surface area (Å²) >= 11 is 0. The molecule has 12 heteroatoms. The summed E-state index contributed by atoms with van der Waals surface area (Å²) in [7, 11) is 0. The molecule has 0 radical (unpaired) electrons. The summed E-state index contributed by atoms with van der Waals surface area (Å²) in [6, 6.07) is 16.4. The van der Waals surface area contributed by atoms with Crippen molar-refractivity contribution in [1.29, 1.82) is 5.26 Å². The zero-order valence-electron chi connectivity index (χ0n) is 18.6. The number of nitriles is 1. The lowest BCUT2D eigenvalue weighted by Crippen LogP contribution is -2.26. The Morgan fingerprint density at radius 3 is 2.54 bits per heavy atom. The number of carbonyl (C=O) groups excluding carboxylic acids is 1. The first-order chi connectivity index (χ1) is 17.5. The molecule has 2 heterocycles. The van der Waals surface area contributed by atoms with Crippen LogP contribution in [-0.2, 0) is 23.9 Å². The van der Waals surface area contributed by atoms with Crippen LogP contribution in [0.2, 0.25) is 0 Å². The van der Waals surface area contributed by atoms with Gasteiger partial charge < -0.3 is 19.4 Å². The van der Waals surface area contributed by atoms with Gasteiger partial charge in [-0.25, -0.2) is 4.98 Å². The van der Waals surface area contributed by atoms with E-state index in [2.05, 4.69) is 19.8 Å². The molecule has 3 aromatic carbocycles. The Morgan fingerprint density at radius 1 is 1.08 bits per heavy atom. The standard InChI is InChI=1S/C25H15F5N4O3/c26-24(27,28)23-33-18-11-17(32-21(35)10-14-4-6-15(12-31)7-5-14)8-9-19(18)34(23)13-16-2-1-3-20-22(16)37-25(29,30)36-20/h1-9,11H,10,13H2,(H,32,35). The summed E-state index contributed by atoms with van der Waals surface area (Å²) in [5.41, 5.74) is 1.37. The maximum Gasteiger partial charge on any atom is 0.586 e. The van der Waals surface area contributed by atoms with Crippen molar-refractivity contribution in [2.24, 2.45) is 0 Å². The van der Waals surface area contributed by atoms with Gasteiger partial charge in [-0.3, -0.25) is 4.79 Å². The molecule has 0 saturated carbocycles. The Hall–Kier alpha value is -4.66. The van der Waals surface area contributed by atoms with Gasteiger partial charge in [-0.1, -0.05) is 24.3 Å². The van der Waals surface area contributed by atoms with Crippen molar-refractivity contribution in [3.05, 3.63) is 83.2 Å². The number of aromatic nitrogens is 2. The number of benzene rings is 3. The predicted octanol–water partition coefficient (Wildman–Crippen LogP) is 5.48. The van der Waals surface area contributed by atoms with Crippen LogP contribution in [0.1, 0.15) is 22.5 Å². The number of nitrogens with zero attached hydrogens (tertiary/aromatic N) is 3. The Morgan fingerprint density at radius 2 is 1.84 bits per heavy atom. The second kappa shape index (κ2) is 8.77. The van der Waals surface area contributed by atoms with E-state index in [0.29, 0.717) is 11.1 Å². The number of amides is 1. The second-order valence-corrected chi connectivity index (χ2v) is 8.17. The summed E-state index contributed by atoms with van der Waals surface area (Å²) in [6.07, 6.45) is -8.79. The van der Waals surface area contributed by atoms with Crippen LogP contribution in [0.25, 0.3) is 11.0 Å². The number of halogens is 5. The van der Waals surface area contributed by atoms with Gasteiger partial charge in [-0.05, 0) is 42.0 Å². The van der Waals surface area contributed by atoms with Crippen LogP contribution >= 0.6 is 0 Å². The average molecular weight is 514 g/mol. The van der Waals surface area contributed by atoms with Crippen molar-refractivity contribution >= 4 is 22.6 Å². The molecule has 0 atom stereocenters. The van der Waals surface area contributed by atoms with Crippen molar-refractivity contribution in [2.45, 2.75) is 25.4 Å². The molecule has 1 aliphatic heterocycles. The molecule has 0 bridgehead atoms. The van der Waals surface area contributed by atoms with Gasteiger partial charge in [-0.2, -0.15) is 18.4 Å². The molecule has 0 saturated heterocycles. The van der Waals surface area contributed by atoms with Crippen molar-refractivity contribution in [1.82, 2.24) is 9.55 Å². The lowest BCUT2D eigenvalue weighted by Gasteiger charge is -2.13. The molecule has 4 aromatic rings. The minimum Gasteiger partial charge on any atom is -0.395 e. The number of imidazole rings is 1. The Labute approximate surface area is 205 Å². The van der Waals surface area contributed by atoms with E-state index in [-0.39, 0.29) is 40.2 Å². The molecule has 7 nitrogen and oxygen atoms in total. The zero-order valence-corrected chi connectivity index (χ0v) is 18.6. The van der Waals surface area contributed by atoms with E-state index in [4.69, 9.17) is 5.26 Å². The van der Waals surface area contributed by atoms with E-state index in [1.54, 1.807) is 24.3 Å². The number of para-hydroxylation sites is 1. The Kier molecular flexibility index (Phi) is 5.70. The quantitative estimate of drug-likeness (QED) is 0.357. The smallest absolute Gasteiger partial charge is 0.395 e. The molecular formula is C25H15F5N4O3. The highest BCUT2D eigenvalue weighted by atomic mass is 19.4. The van der Waals surface area contributed by atoms with Gasteiger partial charge in [0, 0.05) is 11.3 Å². The van der Waals surface area contributed by atoms with Crippen LogP contribution in [-0.4, -0.2) is 21.8 Å². The molecule has 1 aliphatic rings. The summed E-state index contributed by atoms with van der Waals surface area (Å²) in [5.74, 6) is -2.30. The SMILES string of the molecule is N#Cc1ccc(CC(=O)Nc2ccc3c(c2)nc(C(F)(F)F)n3Cc2cccc3c2OC(F)(F)O3)cc1. The molecular weight excluding hydrogens is 499 g/mol. The molecule has 37 heavy (non-hydrogen) atoms. The van der Waals surface area contributed by atoms with Gasteiger partial charge in [0.1, 0.15) is 0 Å². The topological polar surface area (TPSA) is 89.2 Å². The van der Waals surface area contributed by atoms with E-state index in [1.165, 1.54) is 36.4 Å².